The largest absolute Gasteiger partial charge is 0.355 e. The molecule has 3 aromatic rings. The third-order valence-electron chi connectivity index (χ3n) is 5.22. The molecule has 2 amide bonds. The number of likely N-dealkylation sites (N-methyl/N-ethyl adjacent to an activating group) is 1. The Balaban J connectivity index is 1.98. The molecule has 0 fully saturated rings. The highest BCUT2D eigenvalue weighted by atomic mass is 35.5. The third kappa shape index (κ3) is 7.23. The molecule has 1 atom stereocenters. The molecule has 4 nitrogen and oxygen atoms in total. The first kappa shape index (κ1) is 25.1. The molecule has 0 saturated carbocycles. The minimum Gasteiger partial charge on any atom is -0.355 e. The summed E-state index contributed by atoms with van der Waals surface area (Å²) in [5.74, 6) is -0.415. The molecule has 7 heteroatoms. The van der Waals surface area contributed by atoms with Gasteiger partial charge in [-0.25, -0.2) is 0 Å². The Labute approximate surface area is 209 Å². The summed E-state index contributed by atoms with van der Waals surface area (Å²) in [6.45, 7) is 2.48. The Kier molecular flexibility index (Phi) is 9.19. The zero-order chi connectivity index (χ0) is 23.8. The Hall–Kier alpha value is -2.53. The van der Waals surface area contributed by atoms with Crippen molar-refractivity contribution in [1.82, 2.24) is 10.2 Å². The lowest BCUT2D eigenvalue weighted by molar-refractivity contribution is -0.140. The summed E-state index contributed by atoms with van der Waals surface area (Å²) in [7, 11) is 0. The zero-order valence-corrected chi connectivity index (χ0v) is 20.5. The van der Waals surface area contributed by atoms with Crippen molar-refractivity contribution in [1.29, 1.82) is 0 Å². The standard InChI is InChI=1S/C26H25Cl3N2O2/c1-2-30-26(33)24(14-18-7-4-3-5-8-18)31(17-20-11-12-22(28)16-23(20)29)25(32)15-19-9-6-10-21(27)13-19/h3-13,16,24H,2,14-15,17H2,1H3,(H,30,33). The van der Waals surface area contributed by atoms with Crippen molar-refractivity contribution in [2.75, 3.05) is 6.54 Å². The molecule has 0 aliphatic carbocycles. The molecule has 33 heavy (non-hydrogen) atoms. The molecule has 0 radical (unpaired) electrons. The first-order valence-electron chi connectivity index (χ1n) is 10.7. The molecule has 0 aliphatic heterocycles. The van der Waals surface area contributed by atoms with Gasteiger partial charge in [-0.3, -0.25) is 9.59 Å². The summed E-state index contributed by atoms with van der Waals surface area (Å²) < 4.78 is 0. The van der Waals surface area contributed by atoms with E-state index in [-0.39, 0.29) is 24.8 Å². The van der Waals surface area contributed by atoms with Gasteiger partial charge in [-0.1, -0.05) is 83.3 Å². The molecule has 172 valence electrons. The summed E-state index contributed by atoms with van der Waals surface area (Å²) in [5.41, 5.74) is 2.44. The molecule has 0 heterocycles. The van der Waals surface area contributed by atoms with E-state index in [1.54, 1.807) is 41.3 Å². The van der Waals surface area contributed by atoms with Crippen molar-refractivity contribution in [3.8, 4) is 0 Å². The van der Waals surface area contributed by atoms with Crippen LogP contribution in [0.3, 0.4) is 0 Å². The normalized spacial score (nSPS) is 11.6. The van der Waals surface area contributed by atoms with Gasteiger partial charge in [0.05, 0.1) is 6.42 Å². The summed E-state index contributed by atoms with van der Waals surface area (Å²) in [6, 6.07) is 21.2. The van der Waals surface area contributed by atoms with Gasteiger partial charge in [0.15, 0.2) is 0 Å². The lowest BCUT2D eigenvalue weighted by Gasteiger charge is -2.32. The van der Waals surface area contributed by atoms with Crippen LogP contribution in [0.15, 0.2) is 72.8 Å². The lowest BCUT2D eigenvalue weighted by Crippen LogP contribution is -2.51. The van der Waals surface area contributed by atoms with E-state index in [2.05, 4.69) is 5.32 Å². The van der Waals surface area contributed by atoms with Crippen molar-refractivity contribution in [3.63, 3.8) is 0 Å². The van der Waals surface area contributed by atoms with Gasteiger partial charge in [0, 0.05) is 34.6 Å². The molecule has 3 rings (SSSR count). The van der Waals surface area contributed by atoms with Crippen LogP contribution in [0.4, 0.5) is 0 Å². The van der Waals surface area contributed by atoms with Crippen molar-refractivity contribution in [2.24, 2.45) is 0 Å². The van der Waals surface area contributed by atoms with Gasteiger partial charge in [-0.05, 0) is 47.9 Å². The van der Waals surface area contributed by atoms with Crippen molar-refractivity contribution < 1.29 is 9.59 Å². The summed E-state index contributed by atoms with van der Waals surface area (Å²) in [4.78, 5) is 28.3. The SMILES string of the molecule is CCNC(=O)C(Cc1ccccc1)N(Cc1ccc(Cl)cc1Cl)C(=O)Cc1cccc(Cl)c1. The molecule has 3 aromatic carbocycles. The van der Waals surface area contributed by atoms with Crippen LogP contribution in [-0.4, -0.2) is 29.3 Å². The van der Waals surface area contributed by atoms with Crippen LogP contribution in [0, 0.1) is 0 Å². The minimum atomic E-state index is -0.717. The summed E-state index contributed by atoms with van der Waals surface area (Å²) >= 11 is 18.6. The average Bonchev–Trinajstić information content (AvgIpc) is 2.78. The van der Waals surface area contributed by atoms with E-state index in [1.807, 2.05) is 43.3 Å². The monoisotopic (exact) mass is 502 g/mol. The topological polar surface area (TPSA) is 49.4 Å². The fourth-order valence-electron chi connectivity index (χ4n) is 3.60. The number of benzene rings is 3. The number of rotatable bonds is 9. The first-order chi connectivity index (χ1) is 15.9. The minimum absolute atomic E-state index is 0.108. The second kappa shape index (κ2) is 12.1. The predicted octanol–water partition coefficient (Wildman–Crippen LogP) is 5.97. The highest BCUT2D eigenvalue weighted by molar-refractivity contribution is 6.35. The van der Waals surface area contributed by atoms with E-state index in [9.17, 15) is 9.59 Å². The Bertz CT molecular complexity index is 1110. The van der Waals surface area contributed by atoms with Crippen LogP contribution in [-0.2, 0) is 29.0 Å². The Morgan fingerprint density at radius 2 is 1.58 bits per heavy atom. The van der Waals surface area contributed by atoms with Gasteiger partial charge >= 0.3 is 0 Å². The van der Waals surface area contributed by atoms with Crippen molar-refractivity contribution >= 4 is 46.6 Å². The molecular formula is C26H25Cl3N2O2. The summed E-state index contributed by atoms with van der Waals surface area (Å²) in [5, 5.41) is 4.38. The number of nitrogens with zero attached hydrogens (tertiary/aromatic N) is 1. The highest BCUT2D eigenvalue weighted by Crippen LogP contribution is 2.25. The van der Waals surface area contributed by atoms with E-state index in [4.69, 9.17) is 34.8 Å². The number of amides is 2. The molecule has 0 saturated heterocycles. The number of hydrogen-bond donors (Lipinski definition) is 1. The quantitative estimate of drug-likeness (QED) is 0.391. The van der Waals surface area contributed by atoms with Crippen molar-refractivity contribution in [3.05, 3.63) is 105 Å². The zero-order valence-electron chi connectivity index (χ0n) is 18.2. The van der Waals surface area contributed by atoms with E-state index in [0.717, 1.165) is 11.1 Å². The molecule has 0 bridgehead atoms. The van der Waals surface area contributed by atoms with Gasteiger partial charge in [0.1, 0.15) is 6.04 Å². The van der Waals surface area contributed by atoms with Gasteiger partial charge in [0.2, 0.25) is 11.8 Å². The first-order valence-corrected chi connectivity index (χ1v) is 11.8. The van der Waals surface area contributed by atoms with Crippen LogP contribution in [0.1, 0.15) is 23.6 Å². The number of halogens is 3. The predicted molar refractivity (Wildman–Crippen MR) is 135 cm³/mol. The maximum Gasteiger partial charge on any atom is 0.243 e. The van der Waals surface area contributed by atoms with E-state index < -0.39 is 6.04 Å². The molecule has 1 unspecified atom stereocenters. The second-order valence-electron chi connectivity index (χ2n) is 7.66. The maximum atomic E-state index is 13.6. The average molecular weight is 504 g/mol. The van der Waals surface area contributed by atoms with E-state index in [0.29, 0.717) is 33.6 Å². The van der Waals surface area contributed by atoms with E-state index in [1.165, 1.54) is 0 Å². The van der Waals surface area contributed by atoms with Crippen molar-refractivity contribution in [2.45, 2.75) is 32.4 Å². The highest BCUT2D eigenvalue weighted by Gasteiger charge is 2.30. The number of nitrogens with one attached hydrogen (secondary N) is 1. The fourth-order valence-corrected chi connectivity index (χ4v) is 4.28. The number of carbonyl (C=O) groups excluding carboxylic acids is 2. The van der Waals surface area contributed by atoms with Crippen LogP contribution in [0.25, 0.3) is 0 Å². The fraction of sp³-hybridized carbons (Fsp3) is 0.231. The van der Waals surface area contributed by atoms with Crippen LogP contribution >= 0.6 is 34.8 Å². The maximum absolute atomic E-state index is 13.6. The molecule has 0 aromatic heterocycles. The summed E-state index contributed by atoms with van der Waals surface area (Å²) in [6.07, 6.45) is 0.482. The molecule has 0 spiro atoms. The molecule has 1 N–H and O–H groups in total. The van der Waals surface area contributed by atoms with Crippen LogP contribution in [0.2, 0.25) is 15.1 Å². The second-order valence-corrected chi connectivity index (χ2v) is 8.94. The lowest BCUT2D eigenvalue weighted by atomic mass is 10.0. The molecular weight excluding hydrogens is 479 g/mol. The number of hydrogen-bond acceptors (Lipinski definition) is 2. The van der Waals surface area contributed by atoms with Gasteiger partial charge in [-0.2, -0.15) is 0 Å². The Morgan fingerprint density at radius 3 is 2.24 bits per heavy atom. The number of carbonyl (C=O) groups is 2. The van der Waals surface area contributed by atoms with Crippen LogP contribution in [0.5, 0.6) is 0 Å². The van der Waals surface area contributed by atoms with Gasteiger partial charge < -0.3 is 10.2 Å². The smallest absolute Gasteiger partial charge is 0.243 e. The third-order valence-corrected chi connectivity index (χ3v) is 6.04. The van der Waals surface area contributed by atoms with E-state index >= 15 is 0 Å². The van der Waals surface area contributed by atoms with Gasteiger partial charge in [-0.15, -0.1) is 0 Å². The van der Waals surface area contributed by atoms with Gasteiger partial charge in [0.25, 0.3) is 0 Å². The van der Waals surface area contributed by atoms with Crippen LogP contribution < -0.4 is 5.32 Å². The molecule has 0 aliphatic rings. The Morgan fingerprint density at radius 1 is 0.879 bits per heavy atom.